The molecule has 0 fully saturated rings. The van der Waals surface area contributed by atoms with Gasteiger partial charge in [0.2, 0.25) is 0 Å². The van der Waals surface area contributed by atoms with Crippen LogP contribution in [-0.4, -0.2) is 25.2 Å². The molecule has 40 heavy (non-hydrogen) atoms. The number of esters is 2. The minimum Gasteiger partial charge on any atom is -0.488 e. The van der Waals surface area contributed by atoms with Crippen molar-refractivity contribution >= 4 is 11.9 Å². The van der Waals surface area contributed by atoms with Crippen molar-refractivity contribution in [1.82, 2.24) is 0 Å². The Balaban J connectivity index is 2.01. The van der Waals surface area contributed by atoms with E-state index >= 15 is 0 Å². The standard InChI is InChI=1S/C34H34O6/c1-21(2)19-37-30-17-29(40-34(36)24(7)8)18-31(38-20-22(3)4)32(30)27-11-9-25(10-12-27)26-13-15-28(16-14-26)39-33(35)23(5)6/h9-18H,1,3,5,7,19-20H2,2,4,6,8H3. The fourth-order valence-corrected chi connectivity index (χ4v) is 3.47. The summed E-state index contributed by atoms with van der Waals surface area (Å²) in [6.45, 7) is 22.6. The quantitative estimate of drug-likeness (QED) is 0.101. The van der Waals surface area contributed by atoms with Gasteiger partial charge in [0.1, 0.15) is 36.2 Å². The summed E-state index contributed by atoms with van der Waals surface area (Å²) in [6, 6.07) is 18.4. The Kier molecular flexibility index (Phi) is 9.87. The van der Waals surface area contributed by atoms with E-state index in [1.807, 2.05) is 50.2 Å². The van der Waals surface area contributed by atoms with Crippen molar-refractivity contribution in [3.05, 3.63) is 109 Å². The molecule has 0 amide bonds. The van der Waals surface area contributed by atoms with Crippen LogP contribution in [0.15, 0.2) is 109 Å². The first-order chi connectivity index (χ1) is 18.9. The third-order valence-electron chi connectivity index (χ3n) is 5.47. The summed E-state index contributed by atoms with van der Waals surface area (Å²) in [6.07, 6.45) is 0. The Morgan fingerprint density at radius 2 is 0.950 bits per heavy atom. The zero-order valence-electron chi connectivity index (χ0n) is 23.5. The first-order valence-electron chi connectivity index (χ1n) is 12.6. The normalized spacial score (nSPS) is 10.3. The molecule has 206 valence electrons. The molecule has 6 nitrogen and oxygen atoms in total. The highest BCUT2D eigenvalue weighted by Gasteiger charge is 2.19. The molecule has 0 bridgehead atoms. The van der Waals surface area contributed by atoms with Gasteiger partial charge in [0.05, 0.1) is 5.56 Å². The SMILES string of the molecule is C=C(C)COc1cc(OC(=O)C(=C)C)cc(OCC(=C)C)c1-c1ccc(-c2ccc(OC(=O)C(=C)C)cc2)cc1. The van der Waals surface area contributed by atoms with Gasteiger partial charge in [0.25, 0.3) is 0 Å². The molecule has 0 unspecified atom stereocenters. The summed E-state index contributed by atoms with van der Waals surface area (Å²) < 4.78 is 23.0. The van der Waals surface area contributed by atoms with E-state index < -0.39 is 11.9 Å². The maximum atomic E-state index is 12.2. The lowest BCUT2D eigenvalue weighted by molar-refractivity contribution is -0.130. The third kappa shape index (κ3) is 8.08. The number of rotatable bonds is 12. The van der Waals surface area contributed by atoms with Crippen molar-refractivity contribution in [2.75, 3.05) is 13.2 Å². The van der Waals surface area contributed by atoms with Crippen LogP contribution in [0.3, 0.4) is 0 Å². The number of ether oxygens (including phenoxy) is 4. The summed E-state index contributed by atoms with van der Waals surface area (Å²) in [5, 5.41) is 0. The largest absolute Gasteiger partial charge is 0.488 e. The van der Waals surface area contributed by atoms with Crippen LogP contribution in [0.5, 0.6) is 23.0 Å². The number of hydrogen-bond acceptors (Lipinski definition) is 6. The number of benzene rings is 3. The van der Waals surface area contributed by atoms with Gasteiger partial charge in [0.15, 0.2) is 0 Å². The minimum absolute atomic E-state index is 0.269. The minimum atomic E-state index is -0.547. The van der Waals surface area contributed by atoms with Crippen LogP contribution < -0.4 is 18.9 Å². The van der Waals surface area contributed by atoms with Gasteiger partial charge in [-0.05, 0) is 67.7 Å². The molecule has 0 aromatic heterocycles. The molecular formula is C34H34O6. The molecule has 3 aromatic rings. The molecular weight excluding hydrogens is 504 g/mol. The van der Waals surface area contributed by atoms with Crippen molar-refractivity contribution in [1.29, 1.82) is 0 Å². The zero-order valence-corrected chi connectivity index (χ0v) is 23.5. The van der Waals surface area contributed by atoms with Gasteiger partial charge >= 0.3 is 11.9 Å². The zero-order chi connectivity index (χ0) is 29.4. The summed E-state index contributed by atoms with van der Waals surface area (Å²) >= 11 is 0. The second-order valence-corrected chi connectivity index (χ2v) is 9.73. The van der Waals surface area contributed by atoms with E-state index in [1.165, 1.54) is 0 Å². The van der Waals surface area contributed by atoms with Crippen LogP contribution in [0.25, 0.3) is 22.3 Å². The summed E-state index contributed by atoms with van der Waals surface area (Å²) in [4.78, 5) is 24.0. The molecule has 0 saturated carbocycles. The monoisotopic (exact) mass is 538 g/mol. The van der Waals surface area contributed by atoms with Gasteiger partial charge in [-0.1, -0.05) is 62.7 Å². The Morgan fingerprint density at radius 1 is 0.575 bits per heavy atom. The van der Waals surface area contributed by atoms with E-state index in [1.54, 1.807) is 38.1 Å². The predicted molar refractivity (Wildman–Crippen MR) is 159 cm³/mol. The second kappa shape index (κ2) is 13.3. The van der Waals surface area contributed by atoms with Gasteiger partial charge in [-0.2, -0.15) is 0 Å². The van der Waals surface area contributed by atoms with Crippen LogP contribution in [0.4, 0.5) is 0 Å². The molecule has 0 N–H and O–H groups in total. The Hall–Kier alpha value is -4.84. The van der Waals surface area contributed by atoms with Crippen molar-refractivity contribution < 1.29 is 28.5 Å². The summed E-state index contributed by atoms with van der Waals surface area (Å²) in [5.41, 5.74) is 5.70. The van der Waals surface area contributed by atoms with Crippen LogP contribution in [0.2, 0.25) is 0 Å². The van der Waals surface area contributed by atoms with Crippen LogP contribution >= 0.6 is 0 Å². The molecule has 0 saturated heterocycles. The van der Waals surface area contributed by atoms with E-state index in [-0.39, 0.29) is 24.5 Å². The van der Waals surface area contributed by atoms with Gasteiger partial charge < -0.3 is 18.9 Å². The average molecular weight is 539 g/mol. The Bertz CT molecular complexity index is 1420. The van der Waals surface area contributed by atoms with Gasteiger partial charge in [-0.15, -0.1) is 0 Å². The van der Waals surface area contributed by atoms with Crippen molar-refractivity contribution in [3.63, 3.8) is 0 Å². The summed E-state index contributed by atoms with van der Waals surface area (Å²) in [5.74, 6) is 0.654. The van der Waals surface area contributed by atoms with Gasteiger partial charge in [-0.25, -0.2) is 9.59 Å². The van der Waals surface area contributed by atoms with Crippen molar-refractivity contribution in [3.8, 4) is 45.3 Å². The average Bonchev–Trinajstić information content (AvgIpc) is 2.91. The highest BCUT2D eigenvalue weighted by Crippen LogP contribution is 2.43. The molecule has 6 heteroatoms. The maximum absolute atomic E-state index is 12.2. The maximum Gasteiger partial charge on any atom is 0.338 e. The first kappa shape index (κ1) is 29.7. The third-order valence-corrected chi connectivity index (χ3v) is 5.47. The van der Waals surface area contributed by atoms with Crippen LogP contribution in [0.1, 0.15) is 27.7 Å². The second-order valence-electron chi connectivity index (χ2n) is 9.73. The number of carbonyl (C=O) groups excluding carboxylic acids is 2. The predicted octanol–water partition coefficient (Wildman–Crippen LogP) is 7.89. The van der Waals surface area contributed by atoms with Crippen LogP contribution in [-0.2, 0) is 9.59 Å². The smallest absolute Gasteiger partial charge is 0.338 e. The highest BCUT2D eigenvalue weighted by atomic mass is 16.5. The Morgan fingerprint density at radius 3 is 1.35 bits per heavy atom. The fraction of sp³-hybridized carbons (Fsp3) is 0.176. The molecule has 0 aliphatic rings. The van der Waals surface area contributed by atoms with E-state index in [2.05, 4.69) is 26.3 Å². The Labute approximate surface area is 235 Å². The molecule has 0 aliphatic heterocycles. The van der Waals surface area contributed by atoms with E-state index in [0.29, 0.717) is 28.4 Å². The van der Waals surface area contributed by atoms with Gasteiger partial charge in [0, 0.05) is 23.3 Å². The lowest BCUT2D eigenvalue weighted by atomic mass is 9.98. The number of carbonyl (C=O) groups is 2. The van der Waals surface area contributed by atoms with Crippen LogP contribution in [0, 0.1) is 0 Å². The molecule has 0 radical (unpaired) electrons. The lowest BCUT2D eigenvalue weighted by Crippen LogP contribution is -2.10. The van der Waals surface area contributed by atoms with Gasteiger partial charge in [-0.3, -0.25) is 0 Å². The molecule has 0 spiro atoms. The molecule has 0 aliphatic carbocycles. The van der Waals surface area contributed by atoms with Crippen molar-refractivity contribution in [2.45, 2.75) is 27.7 Å². The molecule has 3 rings (SSSR count). The van der Waals surface area contributed by atoms with E-state index in [4.69, 9.17) is 18.9 Å². The first-order valence-corrected chi connectivity index (χ1v) is 12.6. The summed E-state index contributed by atoms with van der Waals surface area (Å²) in [7, 11) is 0. The number of hydrogen-bond donors (Lipinski definition) is 0. The van der Waals surface area contributed by atoms with Crippen molar-refractivity contribution in [2.24, 2.45) is 0 Å². The molecule has 0 heterocycles. The van der Waals surface area contributed by atoms with E-state index in [9.17, 15) is 9.59 Å². The topological polar surface area (TPSA) is 71.1 Å². The fourth-order valence-electron chi connectivity index (χ4n) is 3.47. The molecule has 3 aromatic carbocycles. The highest BCUT2D eigenvalue weighted by molar-refractivity contribution is 5.90. The van der Waals surface area contributed by atoms with E-state index in [0.717, 1.165) is 27.8 Å². The molecule has 0 atom stereocenters. The lowest BCUT2D eigenvalue weighted by Gasteiger charge is -2.19.